The Morgan fingerprint density at radius 1 is 1.18 bits per heavy atom. The maximum Gasteiger partial charge on any atom is 0.401 e. The second-order valence-corrected chi connectivity index (χ2v) is 4.20. The number of carbonyl (C=O) groups is 3. The van der Waals surface area contributed by atoms with E-state index >= 15 is 0 Å². The predicted molar refractivity (Wildman–Crippen MR) is 63.8 cm³/mol. The van der Waals surface area contributed by atoms with Crippen LogP contribution in [0.15, 0.2) is 35.1 Å². The summed E-state index contributed by atoms with van der Waals surface area (Å²) in [7, 11) is 0. The summed E-state index contributed by atoms with van der Waals surface area (Å²) >= 11 is 0. The smallest absolute Gasteiger partial charge is 0.401 e. The van der Waals surface area contributed by atoms with Crippen LogP contribution in [-0.4, -0.2) is 27.8 Å². The SMILES string of the molecule is O=C(ON1C(=O)c2ccccc2C1=O)c1ocnc1C(F)F. The molecule has 1 aromatic heterocycles. The predicted octanol–water partition coefficient (Wildman–Crippen LogP) is 1.98. The quantitative estimate of drug-likeness (QED) is 0.805. The molecular formula is C13H6F2N2O5. The third-order valence-electron chi connectivity index (χ3n) is 2.92. The maximum atomic E-state index is 12.6. The minimum absolute atomic E-state index is 0.0481. The van der Waals surface area contributed by atoms with Crippen molar-refractivity contribution in [3.8, 4) is 0 Å². The fourth-order valence-electron chi connectivity index (χ4n) is 1.94. The summed E-state index contributed by atoms with van der Waals surface area (Å²) in [6.07, 6.45) is -2.43. The second-order valence-electron chi connectivity index (χ2n) is 4.20. The first kappa shape index (κ1) is 13.9. The Kier molecular flexibility index (Phi) is 3.17. The van der Waals surface area contributed by atoms with E-state index in [1.165, 1.54) is 24.3 Å². The largest absolute Gasteiger partial charge is 0.436 e. The van der Waals surface area contributed by atoms with Gasteiger partial charge in [0.2, 0.25) is 5.76 Å². The molecule has 0 aliphatic carbocycles. The lowest BCUT2D eigenvalue weighted by molar-refractivity contribution is -0.0606. The van der Waals surface area contributed by atoms with Gasteiger partial charge in [-0.2, -0.15) is 0 Å². The number of benzene rings is 1. The Bertz CT molecular complexity index is 751. The van der Waals surface area contributed by atoms with Gasteiger partial charge < -0.3 is 9.25 Å². The fraction of sp³-hybridized carbons (Fsp3) is 0.0769. The van der Waals surface area contributed by atoms with Crippen molar-refractivity contribution in [3.63, 3.8) is 0 Å². The number of halogens is 2. The third kappa shape index (κ3) is 2.03. The van der Waals surface area contributed by atoms with Crippen LogP contribution >= 0.6 is 0 Å². The molecule has 0 fully saturated rings. The monoisotopic (exact) mass is 308 g/mol. The van der Waals surface area contributed by atoms with E-state index in [-0.39, 0.29) is 16.2 Å². The second kappa shape index (κ2) is 5.02. The van der Waals surface area contributed by atoms with E-state index in [0.29, 0.717) is 6.39 Å². The van der Waals surface area contributed by atoms with E-state index in [1.807, 2.05) is 0 Å². The third-order valence-corrected chi connectivity index (χ3v) is 2.92. The molecule has 22 heavy (non-hydrogen) atoms. The average molecular weight is 308 g/mol. The molecule has 9 heteroatoms. The number of hydrogen-bond donors (Lipinski definition) is 0. The van der Waals surface area contributed by atoms with Crippen LogP contribution in [0.2, 0.25) is 0 Å². The zero-order valence-corrected chi connectivity index (χ0v) is 10.7. The molecule has 2 amide bonds. The molecular weight excluding hydrogens is 302 g/mol. The van der Waals surface area contributed by atoms with Gasteiger partial charge in [0.15, 0.2) is 12.1 Å². The number of rotatable bonds is 3. The lowest BCUT2D eigenvalue weighted by Crippen LogP contribution is -2.32. The molecule has 2 heterocycles. The summed E-state index contributed by atoms with van der Waals surface area (Å²) in [4.78, 5) is 43.5. The molecule has 0 bridgehead atoms. The summed E-state index contributed by atoms with van der Waals surface area (Å²) < 4.78 is 29.8. The van der Waals surface area contributed by atoms with E-state index in [2.05, 4.69) is 14.2 Å². The van der Waals surface area contributed by atoms with Gasteiger partial charge in [-0.1, -0.05) is 17.2 Å². The van der Waals surface area contributed by atoms with Gasteiger partial charge in [-0.15, -0.1) is 0 Å². The van der Waals surface area contributed by atoms with Gasteiger partial charge >= 0.3 is 5.97 Å². The van der Waals surface area contributed by atoms with Crippen LogP contribution < -0.4 is 0 Å². The van der Waals surface area contributed by atoms with Gasteiger partial charge in [-0.3, -0.25) is 9.59 Å². The summed E-state index contributed by atoms with van der Waals surface area (Å²) in [5, 5.41) is 0.199. The molecule has 0 radical (unpaired) electrons. The number of aromatic nitrogens is 1. The van der Waals surface area contributed by atoms with Crippen molar-refractivity contribution in [2.75, 3.05) is 0 Å². The summed E-state index contributed by atoms with van der Waals surface area (Å²) in [5.41, 5.74) is -0.833. The number of carbonyl (C=O) groups excluding carboxylic acids is 3. The van der Waals surface area contributed by atoms with E-state index in [1.54, 1.807) is 0 Å². The van der Waals surface area contributed by atoms with Crippen molar-refractivity contribution >= 4 is 17.8 Å². The van der Waals surface area contributed by atoms with Gasteiger partial charge in [0.1, 0.15) is 0 Å². The lowest BCUT2D eigenvalue weighted by atomic mass is 10.1. The van der Waals surface area contributed by atoms with E-state index in [4.69, 9.17) is 0 Å². The molecule has 0 spiro atoms. The summed E-state index contributed by atoms with van der Waals surface area (Å²) in [6, 6.07) is 5.81. The first-order valence-corrected chi connectivity index (χ1v) is 5.92. The normalized spacial score (nSPS) is 13.7. The molecule has 7 nitrogen and oxygen atoms in total. The van der Waals surface area contributed by atoms with Gasteiger partial charge in [-0.25, -0.2) is 18.6 Å². The van der Waals surface area contributed by atoms with Crippen molar-refractivity contribution in [1.82, 2.24) is 10.0 Å². The highest BCUT2D eigenvalue weighted by Gasteiger charge is 2.40. The lowest BCUT2D eigenvalue weighted by Gasteiger charge is -2.11. The van der Waals surface area contributed by atoms with Gasteiger partial charge in [-0.05, 0) is 12.1 Å². The zero-order valence-electron chi connectivity index (χ0n) is 10.7. The molecule has 0 atom stereocenters. The zero-order chi connectivity index (χ0) is 15.9. The number of alkyl halides is 2. The minimum atomic E-state index is -3.07. The van der Waals surface area contributed by atoms with E-state index in [9.17, 15) is 23.2 Å². The average Bonchev–Trinajstić information content (AvgIpc) is 3.08. The Balaban J connectivity index is 1.86. The van der Waals surface area contributed by atoms with E-state index < -0.39 is 35.7 Å². The fourth-order valence-corrected chi connectivity index (χ4v) is 1.94. The van der Waals surface area contributed by atoms with Crippen LogP contribution in [0.4, 0.5) is 8.78 Å². The molecule has 0 unspecified atom stereocenters. The highest BCUT2D eigenvalue weighted by Crippen LogP contribution is 2.25. The molecule has 0 saturated carbocycles. The Hall–Kier alpha value is -3.10. The summed E-state index contributed by atoms with van der Waals surface area (Å²) in [5.74, 6) is -4.02. The first-order valence-electron chi connectivity index (χ1n) is 5.92. The number of oxazole rings is 1. The number of imide groups is 1. The number of amides is 2. The van der Waals surface area contributed by atoms with Crippen molar-refractivity contribution in [3.05, 3.63) is 53.2 Å². The molecule has 1 aromatic carbocycles. The van der Waals surface area contributed by atoms with Gasteiger partial charge in [0.25, 0.3) is 18.2 Å². The number of hydroxylamine groups is 2. The van der Waals surface area contributed by atoms with Crippen LogP contribution in [0.3, 0.4) is 0 Å². The first-order chi connectivity index (χ1) is 10.5. The standard InChI is InChI=1S/C13H6F2N2O5/c14-10(15)8-9(21-5-16-8)13(20)22-17-11(18)6-3-1-2-4-7(6)12(17)19/h1-5,10H. The van der Waals surface area contributed by atoms with Crippen molar-refractivity contribution < 1.29 is 32.4 Å². The molecule has 1 aliphatic rings. The highest BCUT2D eigenvalue weighted by molar-refractivity contribution is 6.21. The maximum absolute atomic E-state index is 12.6. The Morgan fingerprint density at radius 3 is 2.32 bits per heavy atom. The number of nitrogens with zero attached hydrogens (tertiary/aromatic N) is 2. The Labute approximate surface area is 121 Å². The van der Waals surface area contributed by atoms with Crippen molar-refractivity contribution in [2.24, 2.45) is 0 Å². The van der Waals surface area contributed by atoms with Crippen LogP contribution in [0.1, 0.15) is 43.4 Å². The van der Waals surface area contributed by atoms with Crippen molar-refractivity contribution in [2.45, 2.75) is 6.43 Å². The highest BCUT2D eigenvalue weighted by atomic mass is 19.3. The molecule has 0 saturated heterocycles. The van der Waals surface area contributed by atoms with Crippen LogP contribution in [0, 0.1) is 0 Å². The van der Waals surface area contributed by atoms with Crippen LogP contribution in [-0.2, 0) is 4.84 Å². The van der Waals surface area contributed by atoms with Crippen LogP contribution in [0.5, 0.6) is 0 Å². The molecule has 112 valence electrons. The molecule has 3 rings (SSSR count). The van der Waals surface area contributed by atoms with Crippen molar-refractivity contribution in [1.29, 1.82) is 0 Å². The topological polar surface area (TPSA) is 89.7 Å². The molecule has 0 N–H and O–H groups in total. The van der Waals surface area contributed by atoms with Gasteiger partial charge in [0, 0.05) is 0 Å². The van der Waals surface area contributed by atoms with Crippen LogP contribution in [0.25, 0.3) is 0 Å². The number of hydrogen-bond acceptors (Lipinski definition) is 6. The van der Waals surface area contributed by atoms with Gasteiger partial charge in [0.05, 0.1) is 11.1 Å². The minimum Gasteiger partial charge on any atom is -0.436 e. The molecule has 2 aromatic rings. The summed E-state index contributed by atoms with van der Waals surface area (Å²) in [6.45, 7) is 0. The number of fused-ring (bicyclic) bond motifs is 1. The molecule has 1 aliphatic heterocycles. The Morgan fingerprint density at radius 2 is 1.77 bits per heavy atom. The van der Waals surface area contributed by atoms with E-state index in [0.717, 1.165) is 0 Å².